The maximum Gasteiger partial charge on any atom is 0.327 e. The Morgan fingerprint density at radius 3 is 2.44 bits per heavy atom. The molecule has 0 aromatic carbocycles. The van der Waals surface area contributed by atoms with Crippen molar-refractivity contribution >= 4 is 5.97 Å². The largest absolute Gasteiger partial charge is 0.465 e. The second-order valence-electron chi connectivity index (χ2n) is 5.25. The quantitative estimate of drug-likeness (QED) is 0.733. The molecular formula is C13H26N2O3. The molecule has 1 rings (SSSR count). The highest BCUT2D eigenvalue weighted by Crippen LogP contribution is 2.15. The summed E-state index contributed by atoms with van der Waals surface area (Å²) in [6.07, 6.45) is 0.411. The summed E-state index contributed by atoms with van der Waals surface area (Å²) >= 11 is 0. The smallest absolute Gasteiger partial charge is 0.327 e. The SMILES string of the molecule is CCOC(=O)C(C)(CN1CC(C)OC(C)C1)NC. The lowest BCUT2D eigenvalue weighted by molar-refractivity contribution is -0.152. The van der Waals surface area contributed by atoms with Crippen LogP contribution in [0.4, 0.5) is 0 Å². The summed E-state index contributed by atoms with van der Waals surface area (Å²) in [6, 6.07) is 0. The Balaban J connectivity index is 2.64. The molecule has 5 heteroatoms. The first kappa shape index (κ1) is 15.4. The number of ether oxygens (including phenoxy) is 2. The van der Waals surface area contributed by atoms with Gasteiger partial charge in [-0.3, -0.25) is 9.69 Å². The van der Waals surface area contributed by atoms with Gasteiger partial charge in [-0.1, -0.05) is 0 Å². The molecule has 1 heterocycles. The summed E-state index contributed by atoms with van der Waals surface area (Å²) in [5, 5.41) is 3.08. The zero-order chi connectivity index (χ0) is 13.8. The highest BCUT2D eigenvalue weighted by molar-refractivity contribution is 5.80. The van der Waals surface area contributed by atoms with Gasteiger partial charge in [-0.2, -0.15) is 0 Å². The zero-order valence-electron chi connectivity index (χ0n) is 12.2. The predicted octanol–water partition coefficient (Wildman–Crippen LogP) is 0.637. The van der Waals surface area contributed by atoms with E-state index in [4.69, 9.17) is 9.47 Å². The van der Waals surface area contributed by atoms with Crippen molar-refractivity contribution in [1.29, 1.82) is 0 Å². The molecule has 1 aliphatic rings. The lowest BCUT2D eigenvalue weighted by Gasteiger charge is -2.39. The third kappa shape index (κ3) is 3.93. The molecule has 3 unspecified atom stereocenters. The van der Waals surface area contributed by atoms with Crippen LogP contribution in [0.2, 0.25) is 0 Å². The van der Waals surface area contributed by atoms with Crippen LogP contribution in [-0.4, -0.2) is 61.9 Å². The second kappa shape index (κ2) is 6.50. The van der Waals surface area contributed by atoms with Crippen LogP contribution < -0.4 is 5.32 Å². The lowest BCUT2D eigenvalue weighted by atomic mass is 10.0. The Morgan fingerprint density at radius 2 is 2.00 bits per heavy atom. The number of hydrogen-bond donors (Lipinski definition) is 1. The molecule has 1 fully saturated rings. The zero-order valence-corrected chi connectivity index (χ0v) is 12.2. The van der Waals surface area contributed by atoms with Gasteiger partial charge in [0.2, 0.25) is 0 Å². The molecule has 0 radical (unpaired) electrons. The topological polar surface area (TPSA) is 50.8 Å². The van der Waals surface area contributed by atoms with E-state index in [1.54, 1.807) is 7.05 Å². The molecular weight excluding hydrogens is 232 g/mol. The number of likely N-dealkylation sites (N-methyl/N-ethyl adjacent to an activating group) is 1. The van der Waals surface area contributed by atoms with Crippen molar-refractivity contribution in [2.75, 3.05) is 33.3 Å². The summed E-state index contributed by atoms with van der Waals surface area (Å²) in [7, 11) is 1.80. The predicted molar refractivity (Wildman–Crippen MR) is 70.5 cm³/mol. The highest BCUT2D eigenvalue weighted by Gasteiger charge is 2.36. The number of carbonyl (C=O) groups is 1. The minimum absolute atomic E-state index is 0.195. The van der Waals surface area contributed by atoms with E-state index < -0.39 is 5.54 Å². The number of esters is 1. The van der Waals surface area contributed by atoms with Crippen LogP contribution in [0, 0.1) is 0 Å². The van der Waals surface area contributed by atoms with E-state index in [9.17, 15) is 4.79 Å². The minimum atomic E-state index is -0.660. The third-order valence-electron chi connectivity index (χ3n) is 3.31. The summed E-state index contributed by atoms with van der Waals surface area (Å²) in [5.41, 5.74) is -0.660. The molecule has 1 saturated heterocycles. The summed E-state index contributed by atoms with van der Waals surface area (Å²) in [5.74, 6) is -0.195. The summed E-state index contributed by atoms with van der Waals surface area (Å²) in [6.45, 7) is 10.6. The van der Waals surface area contributed by atoms with E-state index in [0.29, 0.717) is 13.2 Å². The monoisotopic (exact) mass is 258 g/mol. The van der Waals surface area contributed by atoms with Gasteiger partial charge >= 0.3 is 5.97 Å². The highest BCUT2D eigenvalue weighted by atomic mass is 16.5. The van der Waals surface area contributed by atoms with E-state index in [-0.39, 0.29) is 18.2 Å². The second-order valence-corrected chi connectivity index (χ2v) is 5.25. The average Bonchev–Trinajstić information content (AvgIpc) is 2.27. The van der Waals surface area contributed by atoms with Crippen molar-refractivity contribution in [1.82, 2.24) is 10.2 Å². The minimum Gasteiger partial charge on any atom is -0.465 e. The molecule has 0 spiro atoms. The Morgan fingerprint density at radius 1 is 1.44 bits per heavy atom. The van der Waals surface area contributed by atoms with Crippen LogP contribution in [0.1, 0.15) is 27.7 Å². The van der Waals surface area contributed by atoms with Gasteiger partial charge < -0.3 is 14.8 Å². The molecule has 0 aromatic heterocycles. The fourth-order valence-corrected chi connectivity index (χ4v) is 2.40. The Hall–Kier alpha value is -0.650. The lowest BCUT2D eigenvalue weighted by Crippen LogP contribution is -2.59. The standard InChI is InChI=1S/C13H26N2O3/c1-6-17-12(16)13(4,14-5)9-15-7-10(2)18-11(3)8-15/h10-11,14H,6-9H2,1-5H3. The van der Waals surface area contributed by atoms with Gasteiger partial charge in [-0.15, -0.1) is 0 Å². The van der Waals surface area contributed by atoms with Gasteiger partial charge in [0.15, 0.2) is 0 Å². The number of hydrogen-bond acceptors (Lipinski definition) is 5. The van der Waals surface area contributed by atoms with Gasteiger partial charge in [-0.25, -0.2) is 0 Å². The maximum absolute atomic E-state index is 12.0. The van der Waals surface area contributed by atoms with E-state index in [1.165, 1.54) is 0 Å². The van der Waals surface area contributed by atoms with Crippen LogP contribution in [0.3, 0.4) is 0 Å². The third-order valence-corrected chi connectivity index (χ3v) is 3.31. The molecule has 0 aromatic rings. The van der Waals surface area contributed by atoms with Crippen molar-refractivity contribution in [2.24, 2.45) is 0 Å². The van der Waals surface area contributed by atoms with Crippen molar-refractivity contribution in [2.45, 2.75) is 45.4 Å². The molecule has 0 aliphatic carbocycles. The molecule has 0 amide bonds. The summed E-state index contributed by atoms with van der Waals surface area (Å²) < 4.78 is 10.8. The van der Waals surface area contributed by atoms with Crippen molar-refractivity contribution < 1.29 is 14.3 Å². The first-order valence-electron chi connectivity index (χ1n) is 6.65. The maximum atomic E-state index is 12.0. The van der Waals surface area contributed by atoms with Gasteiger partial charge in [-0.05, 0) is 34.7 Å². The van der Waals surface area contributed by atoms with Gasteiger partial charge in [0.25, 0.3) is 0 Å². The van der Waals surface area contributed by atoms with Crippen LogP contribution in [0.25, 0.3) is 0 Å². The molecule has 3 atom stereocenters. The number of nitrogens with one attached hydrogen (secondary N) is 1. The van der Waals surface area contributed by atoms with E-state index in [1.807, 2.05) is 13.8 Å². The van der Waals surface area contributed by atoms with Crippen molar-refractivity contribution in [3.8, 4) is 0 Å². The molecule has 0 saturated carbocycles. The van der Waals surface area contributed by atoms with Crippen LogP contribution in [0.15, 0.2) is 0 Å². The molecule has 1 N–H and O–H groups in total. The van der Waals surface area contributed by atoms with Crippen LogP contribution >= 0.6 is 0 Å². The fourth-order valence-electron chi connectivity index (χ4n) is 2.40. The number of carbonyl (C=O) groups excluding carboxylic acids is 1. The van der Waals surface area contributed by atoms with E-state index >= 15 is 0 Å². The van der Waals surface area contributed by atoms with Crippen LogP contribution in [-0.2, 0) is 14.3 Å². The first-order chi connectivity index (χ1) is 8.41. The van der Waals surface area contributed by atoms with Gasteiger partial charge in [0.1, 0.15) is 5.54 Å². The first-order valence-corrected chi connectivity index (χ1v) is 6.65. The number of morpholine rings is 1. The number of rotatable bonds is 5. The number of nitrogens with zero attached hydrogens (tertiary/aromatic N) is 1. The van der Waals surface area contributed by atoms with E-state index in [0.717, 1.165) is 13.1 Å². The normalized spacial score (nSPS) is 28.7. The Kier molecular flexibility index (Phi) is 5.56. The fraction of sp³-hybridized carbons (Fsp3) is 0.923. The average molecular weight is 258 g/mol. The van der Waals surface area contributed by atoms with E-state index in [2.05, 4.69) is 24.1 Å². The van der Waals surface area contributed by atoms with Crippen LogP contribution in [0.5, 0.6) is 0 Å². The molecule has 5 nitrogen and oxygen atoms in total. The van der Waals surface area contributed by atoms with Gasteiger partial charge in [0, 0.05) is 19.6 Å². The van der Waals surface area contributed by atoms with Gasteiger partial charge in [0.05, 0.1) is 18.8 Å². The Labute approximate surface area is 110 Å². The molecule has 18 heavy (non-hydrogen) atoms. The van der Waals surface area contributed by atoms with Crippen molar-refractivity contribution in [3.05, 3.63) is 0 Å². The molecule has 0 bridgehead atoms. The Bertz CT molecular complexity index is 275. The van der Waals surface area contributed by atoms with Crippen molar-refractivity contribution in [3.63, 3.8) is 0 Å². The summed E-state index contributed by atoms with van der Waals surface area (Å²) in [4.78, 5) is 14.2. The molecule has 1 aliphatic heterocycles. The molecule has 106 valence electrons.